The minimum Gasteiger partial charge on any atom is -0.480 e. The van der Waals surface area contributed by atoms with Crippen molar-refractivity contribution in [3.63, 3.8) is 0 Å². The zero-order chi connectivity index (χ0) is 13.6. The summed E-state index contributed by atoms with van der Waals surface area (Å²) < 4.78 is 10.4. The maximum Gasteiger partial charge on any atom is 0.329 e. The predicted octanol–water partition coefficient (Wildman–Crippen LogP) is 0.551. The van der Waals surface area contributed by atoms with Crippen LogP contribution in [-0.4, -0.2) is 48.4 Å². The maximum atomic E-state index is 11.8. The molecule has 1 fully saturated rings. The molecule has 0 aromatic heterocycles. The largest absolute Gasteiger partial charge is 0.480 e. The Kier molecular flexibility index (Phi) is 5.55. The van der Waals surface area contributed by atoms with Gasteiger partial charge in [-0.15, -0.1) is 0 Å². The Labute approximate surface area is 107 Å². The lowest BCUT2D eigenvalue weighted by Gasteiger charge is -2.38. The molecule has 1 aliphatic carbocycles. The molecule has 18 heavy (non-hydrogen) atoms. The number of amides is 1. The average Bonchev–Trinajstić information content (AvgIpc) is 2.28. The Morgan fingerprint density at radius 1 is 1.39 bits per heavy atom. The van der Waals surface area contributed by atoms with Crippen molar-refractivity contribution >= 4 is 11.9 Å². The number of carbonyl (C=O) groups excluding carboxylic acids is 1. The summed E-state index contributed by atoms with van der Waals surface area (Å²) in [6.45, 7) is 4.84. The summed E-state index contributed by atoms with van der Waals surface area (Å²) >= 11 is 0. The number of hydrogen-bond donors (Lipinski definition) is 2. The minimum atomic E-state index is -1.07. The van der Waals surface area contributed by atoms with E-state index in [1.807, 2.05) is 6.92 Å². The van der Waals surface area contributed by atoms with Crippen molar-refractivity contribution in [1.82, 2.24) is 5.32 Å². The van der Waals surface area contributed by atoms with E-state index in [2.05, 4.69) is 5.32 Å². The predicted molar refractivity (Wildman–Crippen MR) is 64.3 cm³/mol. The van der Waals surface area contributed by atoms with Gasteiger partial charge in [0.25, 0.3) is 0 Å². The van der Waals surface area contributed by atoms with E-state index < -0.39 is 17.6 Å². The van der Waals surface area contributed by atoms with Gasteiger partial charge in [0.15, 0.2) is 0 Å². The van der Waals surface area contributed by atoms with Crippen LogP contribution in [0.2, 0.25) is 0 Å². The van der Waals surface area contributed by atoms with E-state index in [-0.39, 0.29) is 5.91 Å². The molecule has 0 aromatic rings. The Balaban J connectivity index is 2.33. The van der Waals surface area contributed by atoms with E-state index in [4.69, 9.17) is 14.6 Å². The molecule has 104 valence electrons. The molecular formula is C12H21NO5. The van der Waals surface area contributed by atoms with Crippen LogP contribution in [0.3, 0.4) is 0 Å². The van der Waals surface area contributed by atoms with Crippen LogP contribution in [0.25, 0.3) is 0 Å². The highest BCUT2D eigenvalue weighted by Gasteiger charge is 2.46. The minimum absolute atomic E-state index is 0.322. The van der Waals surface area contributed by atoms with Crippen LogP contribution in [-0.2, 0) is 19.1 Å². The summed E-state index contributed by atoms with van der Waals surface area (Å²) in [5.41, 5.74) is -1.07. The molecule has 0 spiro atoms. The monoisotopic (exact) mass is 259 g/mol. The zero-order valence-electron chi connectivity index (χ0n) is 10.9. The number of hydrogen-bond acceptors (Lipinski definition) is 4. The molecule has 6 heteroatoms. The molecule has 1 aliphatic rings. The van der Waals surface area contributed by atoms with Crippen molar-refractivity contribution in [3.8, 4) is 0 Å². The SMILES string of the molecule is CCOCCOC(C)C(=O)NC1(C(=O)O)CCC1. The molecule has 0 saturated heterocycles. The summed E-state index contributed by atoms with van der Waals surface area (Å²) in [5.74, 6) is -1.35. The summed E-state index contributed by atoms with van der Waals surface area (Å²) in [6.07, 6.45) is 1.13. The third-order valence-corrected chi connectivity index (χ3v) is 3.15. The lowest BCUT2D eigenvalue weighted by atomic mass is 9.76. The molecule has 1 saturated carbocycles. The van der Waals surface area contributed by atoms with Crippen molar-refractivity contribution in [3.05, 3.63) is 0 Å². The fourth-order valence-corrected chi connectivity index (χ4v) is 1.76. The average molecular weight is 259 g/mol. The van der Waals surface area contributed by atoms with Gasteiger partial charge in [0.2, 0.25) is 5.91 Å². The zero-order valence-corrected chi connectivity index (χ0v) is 10.9. The Bertz CT molecular complexity index is 301. The molecule has 1 amide bonds. The van der Waals surface area contributed by atoms with Crippen molar-refractivity contribution < 1.29 is 24.2 Å². The van der Waals surface area contributed by atoms with Gasteiger partial charge in [0.05, 0.1) is 13.2 Å². The molecule has 0 bridgehead atoms. The van der Waals surface area contributed by atoms with E-state index in [1.165, 1.54) is 0 Å². The van der Waals surface area contributed by atoms with Gasteiger partial charge in [-0.1, -0.05) is 0 Å². The maximum absolute atomic E-state index is 11.8. The van der Waals surface area contributed by atoms with E-state index in [1.54, 1.807) is 6.92 Å². The third kappa shape index (κ3) is 3.68. The van der Waals surface area contributed by atoms with Crippen LogP contribution in [0, 0.1) is 0 Å². The number of carboxylic acids is 1. The van der Waals surface area contributed by atoms with Gasteiger partial charge >= 0.3 is 5.97 Å². The second kappa shape index (κ2) is 6.70. The molecule has 1 atom stereocenters. The molecule has 6 nitrogen and oxygen atoms in total. The van der Waals surface area contributed by atoms with Crippen LogP contribution in [0.4, 0.5) is 0 Å². The molecule has 1 rings (SSSR count). The highest BCUT2D eigenvalue weighted by molar-refractivity contribution is 5.89. The molecule has 0 aromatic carbocycles. The van der Waals surface area contributed by atoms with E-state index >= 15 is 0 Å². The first kappa shape index (κ1) is 14.9. The molecule has 1 unspecified atom stereocenters. The van der Waals surface area contributed by atoms with Gasteiger partial charge in [-0.25, -0.2) is 4.79 Å². The van der Waals surface area contributed by atoms with E-state index in [9.17, 15) is 9.59 Å². The standard InChI is InChI=1S/C12H21NO5/c1-3-17-7-8-18-9(2)10(14)13-12(11(15)16)5-4-6-12/h9H,3-8H2,1-2H3,(H,13,14)(H,15,16). The fraction of sp³-hybridized carbons (Fsp3) is 0.833. The number of carboxylic acid groups (broad SMARTS) is 1. The molecular weight excluding hydrogens is 238 g/mol. The van der Waals surface area contributed by atoms with Gasteiger partial charge in [0.1, 0.15) is 11.6 Å². The van der Waals surface area contributed by atoms with Gasteiger partial charge in [0, 0.05) is 6.61 Å². The third-order valence-electron chi connectivity index (χ3n) is 3.15. The molecule has 2 N–H and O–H groups in total. The van der Waals surface area contributed by atoms with Crippen molar-refractivity contribution in [1.29, 1.82) is 0 Å². The second-order valence-corrected chi connectivity index (χ2v) is 4.44. The van der Waals surface area contributed by atoms with Gasteiger partial charge < -0.3 is 19.9 Å². The highest BCUT2D eigenvalue weighted by atomic mass is 16.5. The number of ether oxygens (including phenoxy) is 2. The smallest absolute Gasteiger partial charge is 0.329 e. The first-order valence-corrected chi connectivity index (χ1v) is 6.26. The molecule has 0 radical (unpaired) electrons. The van der Waals surface area contributed by atoms with Crippen LogP contribution in [0.1, 0.15) is 33.1 Å². The summed E-state index contributed by atoms with van der Waals surface area (Å²) in [5, 5.41) is 11.7. The first-order chi connectivity index (χ1) is 8.52. The van der Waals surface area contributed by atoms with Gasteiger partial charge in [-0.2, -0.15) is 0 Å². The molecule has 0 heterocycles. The van der Waals surface area contributed by atoms with Crippen LogP contribution < -0.4 is 5.32 Å². The van der Waals surface area contributed by atoms with Crippen LogP contribution in [0.15, 0.2) is 0 Å². The van der Waals surface area contributed by atoms with Crippen molar-refractivity contribution in [2.24, 2.45) is 0 Å². The second-order valence-electron chi connectivity index (χ2n) is 4.44. The summed E-state index contributed by atoms with van der Waals surface area (Å²) in [6, 6.07) is 0. The number of aliphatic carboxylic acids is 1. The Morgan fingerprint density at radius 2 is 2.06 bits per heavy atom. The molecule has 0 aliphatic heterocycles. The topological polar surface area (TPSA) is 84.9 Å². The fourth-order valence-electron chi connectivity index (χ4n) is 1.76. The van der Waals surface area contributed by atoms with Crippen LogP contribution in [0.5, 0.6) is 0 Å². The van der Waals surface area contributed by atoms with Crippen molar-refractivity contribution in [2.45, 2.75) is 44.8 Å². The van der Waals surface area contributed by atoms with Crippen LogP contribution >= 0.6 is 0 Å². The Hall–Kier alpha value is -1.14. The number of rotatable bonds is 8. The van der Waals surface area contributed by atoms with Gasteiger partial charge in [-0.3, -0.25) is 4.79 Å². The summed E-state index contributed by atoms with van der Waals surface area (Å²) in [4.78, 5) is 22.9. The lowest BCUT2D eigenvalue weighted by molar-refractivity contribution is -0.154. The first-order valence-electron chi connectivity index (χ1n) is 6.26. The van der Waals surface area contributed by atoms with Gasteiger partial charge in [-0.05, 0) is 33.1 Å². The number of nitrogens with one attached hydrogen (secondary N) is 1. The normalized spacial score (nSPS) is 18.8. The van der Waals surface area contributed by atoms with E-state index in [0.717, 1.165) is 6.42 Å². The quantitative estimate of drug-likeness (QED) is 0.622. The number of carbonyl (C=O) groups is 2. The van der Waals surface area contributed by atoms with E-state index in [0.29, 0.717) is 32.7 Å². The highest BCUT2D eigenvalue weighted by Crippen LogP contribution is 2.32. The lowest BCUT2D eigenvalue weighted by Crippen LogP contribution is -2.60. The Morgan fingerprint density at radius 3 is 2.50 bits per heavy atom. The van der Waals surface area contributed by atoms with Crippen molar-refractivity contribution in [2.75, 3.05) is 19.8 Å². The summed E-state index contributed by atoms with van der Waals surface area (Å²) in [7, 11) is 0.